The van der Waals surface area contributed by atoms with Crippen molar-refractivity contribution in [3.63, 3.8) is 0 Å². The standard InChI is InChI=1S/C47H29N3O/c1-3-13-30(14-4-1)36-26-27-39(38-21-10-9-20-37(36)38)46-48-45(32-16-5-2-6-17-32)49-47(50-46)40-23-12-24-43-44(40)41-29-33(25-28-42(41)51-43)35-22-11-18-31-15-7-8-19-34(31)35/h1-29H. The monoisotopic (exact) mass is 651 g/mol. The molecule has 51 heavy (non-hydrogen) atoms. The third-order valence-electron chi connectivity index (χ3n) is 9.75. The second kappa shape index (κ2) is 11.9. The molecule has 4 heteroatoms. The highest BCUT2D eigenvalue weighted by atomic mass is 16.3. The Morgan fingerprint density at radius 3 is 1.69 bits per heavy atom. The van der Waals surface area contributed by atoms with Gasteiger partial charge in [-0.1, -0.05) is 152 Å². The molecule has 0 spiro atoms. The van der Waals surface area contributed by atoms with E-state index in [0.29, 0.717) is 17.5 Å². The highest BCUT2D eigenvalue weighted by molar-refractivity contribution is 6.13. The molecule has 2 heterocycles. The van der Waals surface area contributed by atoms with Crippen LogP contribution in [0.3, 0.4) is 0 Å². The van der Waals surface area contributed by atoms with Gasteiger partial charge in [0, 0.05) is 27.5 Å². The first-order valence-corrected chi connectivity index (χ1v) is 17.1. The first-order chi connectivity index (χ1) is 25.3. The van der Waals surface area contributed by atoms with E-state index in [1.54, 1.807) is 0 Å². The molecule has 0 radical (unpaired) electrons. The molecule has 0 N–H and O–H groups in total. The van der Waals surface area contributed by atoms with Crippen molar-refractivity contribution in [2.45, 2.75) is 0 Å². The van der Waals surface area contributed by atoms with Crippen molar-refractivity contribution in [1.29, 1.82) is 0 Å². The molecule has 0 aliphatic rings. The molecule has 2 aromatic heterocycles. The highest BCUT2D eigenvalue weighted by Gasteiger charge is 2.20. The van der Waals surface area contributed by atoms with E-state index in [4.69, 9.17) is 19.4 Å². The van der Waals surface area contributed by atoms with Crippen molar-refractivity contribution < 1.29 is 4.42 Å². The lowest BCUT2D eigenvalue weighted by atomic mass is 9.94. The summed E-state index contributed by atoms with van der Waals surface area (Å²) in [4.78, 5) is 15.5. The maximum absolute atomic E-state index is 6.46. The Kier molecular flexibility index (Phi) is 6.78. The van der Waals surface area contributed by atoms with E-state index in [2.05, 4.69) is 127 Å². The lowest BCUT2D eigenvalue weighted by Gasteiger charge is -2.13. The van der Waals surface area contributed by atoms with Gasteiger partial charge in [0.1, 0.15) is 11.2 Å². The molecule has 0 saturated carbocycles. The van der Waals surface area contributed by atoms with Crippen LogP contribution in [0.1, 0.15) is 0 Å². The number of hydrogen-bond donors (Lipinski definition) is 0. The molecule has 0 saturated heterocycles. The molecular weight excluding hydrogens is 623 g/mol. The van der Waals surface area contributed by atoms with Crippen LogP contribution in [0.15, 0.2) is 180 Å². The number of hydrogen-bond acceptors (Lipinski definition) is 4. The first-order valence-electron chi connectivity index (χ1n) is 17.1. The van der Waals surface area contributed by atoms with Crippen LogP contribution in [0.5, 0.6) is 0 Å². The average Bonchev–Trinajstić information content (AvgIpc) is 3.59. The second-order valence-electron chi connectivity index (χ2n) is 12.8. The molecule has 10 aromatic rings. The van der Waals surface area contributed by atoms with Gasteiger partial charge in [-0.15, -0.1) is 0 Å². The average molecular weight is 652 g/mol. The van der Waals surface area contributed by atoms with Crippen LogP contribution in [-0.4, -0.2) is 15.0 Å². The second-order valence-corrected chi connectivity index (χ2v) is 12.8. The van der Waals surface area contributed by atoms with Gasteiger partial charge in [-0.3, -0.25) is 0 Å². The molecule has 0 aliphatic carbocycles. The molecule has 238 valence electrons. The lowest BCUT2D eigenvalue weighted by molar-refractivity contribution is 0.669. The Hall–Kier alpha value is -6.91. The molecule has 0 aliphatic heterocycles. The summed E-state index contributed by atoms with van der Waals surface area (Å²) in [6.07, 6.45) is 0. The topological polar surface area (TPSA) is 51.8 Å². The van der Waals surface area contributed by atoms with Crippen LogP contribution < -0.4 is 0 Å². The molecule has 8 aromatic carbocycles. The molecule has 0 amide bonds. The Bertz CT molecular complexity index is 2910. The van der Waals surface area contributed by atoms with E-state index in [9.17, 15) is 0 Å². The van der Waals surface area contributed by atoms with E-state index in [-0.39, 0.29) is 0 Å². The van der Waals surface area contributed by atoms with E-state index in [1.165, 1.54) is 27.5 Å². The van der Waals surface area contributed by atoms with E-state index >= 15 is 0 Å². The zero-order valence-corrected chi connectivity index (χ0v) is 27.5. The largest absolute Gasteiger partial charge is 0.456 e. The molecule has 0 fully saturated rings. The summed E-state index contributed by atoms with van der Waals surface area (Å²) < 4.78 is 6.46. The van der Waals surface area contributed by atoms with Gasteiger partial charge in [0.2, 0.25) is 0 Å². The minimum absolute atomic E-state index is 0.596. The van der Waals surface area contributed by atoms with Crippen molar-refractivity contribution in [3.8, 4) is 56.4 Å². The third-order valence-corrected chi connectivity index (χ3v) is 9.75. The van der Waals surface area contributed by atoms with Crippen LogP contribution in [0.2, 0.25) is 0 Å². The fourth-order valence-electron chi connectivity index (χ4n) is 7.35. The summed E-state index contributed by atoms with van der Waals surface area (Å²) in [6, 6.07) is 61.0. The minimum atomic E-state index is 0.596. The van der Waals surface area contributed by atoms with Gasteiger partial charge in [0.25, 0.3) is 0 Å². The van der Waals surface area contributed by atoms with Gasteiger partial charge >= 0.3 is 0 Å². The van der Waals surface area contributed by atoms with Crippen molar-refractivity contribution in [1.82, 2.24) is 15.0 Å². The number of fused-ring (bicyclic) bond motifs is 5. The molecule has 0 atom stereocenters. The number of rotatable bonds is 5. The van der Waals surface area contributed by atoms with Crippen LogP contribution >= 0.6 is 0 Å². The number of nitrogens with zero attached hydrogens (tertiary/aromatic N) is 3. The fourth-order valence-corrected chi connectivity index (χ4v) is 7.35. The van der Waals surface area contributed by atoms with Crippen molar-refractivity contribution in [2.75, 3.05) is 0 Å². The zero-order valence-electron chi connectivity index (χ0n) is 27.5. The Morgan fingerprint density at radius 2 is 0.882 bits per heavy atom. The van der Waals surface area contributed by atoms with Crippen molar-refractivity contribution >= 4 is 43.5 Å². The Labute approximate surface area is 294 Å². The summed E-state index contributed by atoms with van der Waals surface area (Å²) >= 11 is 0. The van der Waals surface area contributed by atoms with E-state index < -0.39 is 0 Å². The molecule has 0 unspecified atom stereocenters. The molecule has 4 nitrogen and oxygen atoms in total. The maximum atomic E-state index is 6.46. The smallest absolute Gasteiger partial charge is 0.164 e. The Balaban J connectivity index is 1.21. The summed E-state index contributed by atoms with van der Waals surface area (Å²) in [5.74, 6) is 1.84. The summed E-state index contributed by atoms with van der Waals surface area (Å²) in [6.45, 7) is 0. The van der Waals surface area contributed by atoms with Gasteiger partial charge in [0.15, 0.2) is 17.5 Å². The van der Waals surface area contributed by atoms with Gasteiger partial charge in [0.05, 0.1) is 0 Å². The van der Waals surface area contributed by atoms with Crippen molar-refractivity contribution in [2.24, 2.45) is 0 Å². The fraction of sp³-hybridized carbons (Fsp3) is 0. The predicted molar refractivity (Wildman–Crippen MR) is 209 cm³/mol. The molecular formula is C47H29N3O. The van der Waals surface area contributed by atoms with Crippen LogP contribution in [0.4, 0.5) is 0 Å². The number of benzene rings is 8. The quantitative estimate of drug-likeness (QED) is 0.186. The summed E-state index contributed by atoms with van der Waals surface area (Å²) in [5, 5.41) is 6.66. The van der Waals surface area contributed by atoms with E-state index in [0.717, 1.165) is 55.0 Å². The highest BCUT2D eigenvalue weighted by Crippen LogP contribution is 2.40. The summed E-state index contributed by atoms with van der Waals surface area (Å²) in [7, 11) is 0. The zero-order chi connectivity index (χ0) is 33.7. The minimum Gasteiger partial charge on any atom is -0.456 e. The van der Waals surface area contributed by atoms with Gasteiger partial charge < -0.3 is 4.42 Å². The lowest BCUT2D eigenvalue weighted by Crippen LogP contribution is -2.01. The van der Waals surface area contributed by atoms with Gasteiger partial charge in [-0.05, 0) is 68.1 Å². The van der Waals surface area contributed by atoms with Gasteiger partial charge in [-0.25, -0.2) is 15.0 Å². The number of aromatic nitrogens is 3. The van der Waals surface area contributed by atoms with Gasteiger partial charge in [-0.2, -0.15) is 0 Å². The number of furan rings is 1. The van der Waals surface area contributed by atoms with E-state index in [1.807, 2.05) is 48.5 Å². The summed E-state index contributed by atoms with van der Waals surface area (Å²) in [5.41, 5.74) is 9.03. The molecule has 10 rings (SSSR count). The van der Waals surface area contributed by atoms with Crippen LogP contribution in [0, 0.1) is 0 Å². The Morgan fingerprint density at radius 1 is 0.314 bits per heavy atom. The third kappa shape index (κ3) is 4.96. The van der Waals surface area contributed by atoms with Crippen LogP contribution in [-0.2, 0) is 0 Å². The SMILES string of the molecule is c1ccc(-c2nc(-c3ccc(-c4ccccc4)c4ccccc34)nc(-c3cccc4oc5ccc(-c6cccc7ccccc67)cc5c34)n2)cc1. The van der Waals surface area contributed by atoms with Crippen molar-refractivity contribution in [3.05, 3.63) is 176 Å². The maximum Gasteiger partial charge on any atom is 0.164 e. The predicted octanol–water partition coefficient (Wildman–Crippen LogP) is 12.4. The molecule has 0 bridgehead atoms. The van der Waals surface area contributed by atoms with Crippen LogP contribution in [0.25, 0.3) is 99.9 Å². The normalized spacial score (nSPS) is 11.5. The first kappa shape index (κ1) is 29.0.